The summed E-state index contributed by atoms with van der Waals surface area (Å²) >= 11 is 6.28. The van der Waals surface area contributed by atoms with Crippen molar-refractivity contribution in [2.45, 2.75) is 37.5 Å². The maximum Gasteiger partial charge on any atom is 0.278 e. The lowest BCUT2D eigenvalue weighted by Crippen LogP contribution is -2.33. The summed E-state index contributed by atoms with van der Waals surface area (Å²) in [4.78, 5) is 0. The zero-order chi connectivity index (χ0) is 21.8. The molecule has 8 heteroatoms. The smallest absolute Gasteiger partial charge is 0.278 e. The summed E-state index contributed by atoms with van der Waals surface area (Å²) in [6.45, 7) is 2.74. The Hall–Kier alpha value is -2.09. The fourth-order valence-corrected chi connectivity index (χ4v) is 5.83. The lowest BCUT2D eigenvalue weighted by atomic mass is 10.0. The van der Waals surface area contributed by atoms with Gasteiger partial charge in [0.05, 0.1) is 12.3 Å². The van der Waals surface area contributed by atoms with Gasteiger partial charge in [0.15, 0.2) is 0 Å². The fraction of sp³-hybridized carbons (Fsp3) is 0.348. The van der Waals surface area contributed by atoms with Crippen molar-refractivity contribution in [3.8, 4) is 0 Å². The predicted octanol–water partition coefficient (Wildman–Crippen LogP) is 5.53. The van der Waals surface area contributed by atoms with Crippen LogP contribution in [-0.4, -0.2) is 42.1 Å². The number of anilines is 1. The quantitative estimate of drug-likeness (QED) is 0.549. The first-order valence-corrected chi connectivity index (χ1v) is 12.1. The minimum Gasteiger partial charge on any atom is -0.318 e. The van der Waals surface area contributed by atoms with Crippen LogP contribution in [0.1, 0.15) is 30.4 Å². The van der Waals surface area contributed by atoms with E-state index in [9.17, 15) is 8.78 Å². The zero-order valence-corrected chi connectivity index (χ0v) is 18.7. The van der Waals surface area contributed by atoms with Crippen LogP contribution >= 0.6 is 22.3 Å². The van der Waals surface area contributed by atoms with Crippen molar-refractivity contribution in [3.05, 3.63) is 64.7 Å². The average molecular weight is 463 g/mol. The van der Waals surface area contributed by atoms with E-state index in [1.54, 1.807) is 0 Å². The zero-order valence-electron chi connectivity index (χ0n) is 17.1. The normalized spacial score (nSPS) is 18.1. The molecule has 4 nitrogen and oxygen atoms in total. The van der Waals surface area contributed by atoms with Crippen molar-refractivity contribution >= 4 is 45.3 Å². The van der Waals surface area contributed by atoms with E-state index in [0.29, 0.717) is 22.5 Å². The van der Waals surface area contributed by atoms with Crippen molar-refractivity contribution in [2.24, 2.45) is 10.2 Å². The van der Waals surface area contributed by atoms with Crippen LogP contribution in [0.4, 0.5) is 14.5 Å². The number of nitrogens with one attached hydrogen (secondary N) is 1. The fourth-order valence-electron chi connectivity index (χ4n) is 3.80. The second-order valence-corrected chi connectivity index (χ2v) is 10.0. The Balaban J connectivity index is 1.52. The first kappa shape index (κ1) is 22.1. The Labute approximate surface area is 189 Å². The van der Waals surface area contributed by atoms with E-state index in [2.05, 4.69) is 31.8 Å². The molecule has 2 aromatic carbocycles. The van der Waals surface area contributed by atoms with E-state index in [0.717, 1.165) is 42.7 Å². The molecule has 1 atom stereocenters. The molecule has 2 heterocycles. The molecule has 0 radical (unpaired) electrons. The highest BCUT2D eigenvalue weighted by Crippen LogP contribution is 2.37. The summed E-state index contributed by atoms with van der Waals surface area (Å²) in [5.74, 6) is 4.55. The minimum atomic E-state index is -2.56. The molecule has 1 unspecified atom stereocenters. The molecular weight excluding hydrogens is 438 g/mol. The molecule has 1 saturated heterocycles. The van der Waals surface area contributed by atoms with E-state index < -0.39 is 6.43 Å². The van der Waals surface area contributed by atoms with Crippen molar-refractivity contribution in [1.29, 1.82) is 0 Å². The third-order valence-corrected chi connectivity index (χ3v) is 7.95. The van der Waals surface area contributed by atoms with E-state index in [-0.39, 0.29) is 22.8 Å². The Kier molecular flexibility index (Phi) is 7.15. The van der Waals surface area contributed by atoms with Gasteiger partial charge >= 0.3 is 0 Å². The lowest BCUT2D eigenvalue weighted by molar-refractivity contribution is 0.224. The van der Waals surface area contributed by atoms with Crippen LogP contribution in [-0.2, 0) is 6.54 Å². The number of alkyl halides is 2. The van der Waals surface area contributed by atoms with Crippen LogP contribution in [0.2, 0.25) is 5.02 Å². The summed E-state index contributed by atoms with van der Waals surface area (Å²) in [6, 6.07) is 15.8. The number of hydrogen-bond donors (Lipinski definition) is 1. The molecule has 1 fully saturated rings. The molecule has 2 aromatic rings. The maximum atomic E-state index is 12.8. The van der Waals surface area contributed by atoms with Crippen LogP contribution in [0.5, 0.6) is 0 Å². The predicted molar refractivity (Wildman–Crippen MR) is 129 cm³/mol. The van der Waals surface area contributed by atoms with Gasteiger partial charge in [-0.3, -0.25) is 0 Å². The number of hydrogen-bond acceptors (Lipinski definition) is 4. The van der Waals surface area contributed by atoms with Crippen molar-refractivity contribution in [1.82, 2.24) is 5.32 Å². The van der Waals surface area contributed by atoms with Crippen molar-refractivity contribution in [2.75, 3.05) is 17.4 Å². The molecule has 1 N–H and O–H groups in total. The Morgan fingerprint density at radius 1 is 1.13 bits per heavy atom. The molecule has 0 bridgehead atoms. The highest BCUT2D eigenvalue weighted by Gasteiger charge is 2.23. The van der Waals surface area contributed by atoms with Gasteiger partial charge in [-0.05, 0) is 55.3 Å². The van der Waals surface area contributed by atoms with Gasteiger partial charge in [-0.1, -0.05) is 58.5 Å². The van der Waals surface area contributed by atoms with Gasteiger partial charge in [0.2, 0.25) is 0 Å². The third-order valence-electron chi connectivity index (χ3n) is 5.56. The Bertz CT molecular complexity index is 1000. The molecule has 0 spiro atoms. The number of rotatable bonds is 7. The lowest BCUT2D eigenvalue weighted by Gasteiger charge is -2.35. The molecule has 0 aliphatic carbocycles. The third kappa shape index (κ3) is 5.40. The minimum absolute atomic E-state index is 0.101. The van der Waals surface area contributed by atoms with Crippen LogP contribution in [0, 0.1) is 0 Å². The molecule has 164 valence electrons. The Morgan fingerprint density at radius 2 is 1.87 bits per heavy atom. The largest absolute Gasteiger partial charge is 0.318 e. The van der Waals surface area contributed by atoms with E-state index >= 15 is 0 Å². The van der Waals surface area contributed by atoms with Crippen LogP contribution < -0.4 is 9.62 Å². The van der Waals surface area contributed by atoms with Gasteiger partial charge in [0, 0.05) is 22.4 Å². The molecular formula is C23H25ClF2N4S. The summed E-state index contributed by atoms with van der Waals surface area (Å²) in [5, 5.41) is 12.2. The van der Waals surface area contributed by atoms with E-state index in [1.807, 2.05) is 42.5 Å². The van der Waals surface area contributed by atoms with Gasteiger partial charge in [0.1, 0.15) is 5.71 Å². The summed E-state index contributed by atoms with van der Waals surface area (Å²) in [6.07, 6.45) is -0.246. The van der Waals surface area contributed by atoms with Gasteiger partial charge in [0.25, 0.3) is 6.43 Å². The second-order valence-electron chi connectivity index (χ2n) is 7.68. The molecule has 4 rings (SSSR count). The van der Waals surface area contributed by atoms with Crippen molar-refractivity contribution < 1.29 is 8.78 Å². The highest BCUT2D eigenvalue weighted by atomic mass is 35.5. The SMILES string of the molecule is C=S(C1CCNCC1)N(Cc1ccc(C2=NN=C(C(F)F)C2)cc1)c1cccc(Cl)c1. The molecule has 0 saturated carbocycles. The average Bonchev–Trinajstić information content (AvgIpc) is 3.29. The van der Waals surface area contributed by atoms with Gasteiger partial charge < -0.3 is 9.62 Å². The second kappa shape index (κ2) is 10.0. The van der Waals surface area contributed by atoms with Crippen LogP contribution in [0.15, 0.2) is 58.7 Å². The van der Waals surface area contributed by atoms with Gasteiger partial charge in [-0.2, -0.15) is 10.2 Å². The monoisotopic (exact) mass is 462 g/mol. The first-order valence-electron chi connectivity index (χ1n) is 10.3. The number of benzene rings is 2. The molecule has 2 aliphatic heterocycles. The van der Waals surface area contributed by atoms with E-state index in [4.69, 9.17) is 11.6 Å². The molecule has 0 amide bonds. The highest BCUT2D eigenvalue weighted by molar-refractivity contribution is 8.15. The number of piperidine rings is 1. The number of nitrogens with zero attached hydrogens (tertiary/aromatic N) is 3. The van der Waals surface area contributed by atoms with Crippen molar-refractivity contribution in [3.63, 3.8) is 0 Å². The summed E-state index contributed by atoms with van der Waals surface area (Å²) in [7, 11) is -0.212. The molecule has 0 aromatic heterocycles. The van der Waals surface area contributed by atoms with Crippen LogP contribution in [0.3, 0.4) is 0 Å². The maximum absolute atomic E-state index is 12.8. The van der Waals surface area contributed by atoms with Gasteiger partial charge in [-0.15, -0.1) is 0 Å². The Morgan fingerprint density at radius 3 is 2.52 bits per heavy atom. The van der Waals surface area contributed by atoms with Gasteiger partial charge in [-0.25, -0.2) is 8.78 Å². The standard InChI is InChI=1S/C23H25ClF2N4S/c1-31(20-9-11-27-12-10-20)30(19-4-2-3-18(24)13-19)15-16-5-7-17(8-6-16)21-14-22(23(25)26)29-28-21/h2-8,13,20,23,27H,1,9-12,14-15H2. The molecule has 2 aliphatic rings. The van der Waals surface area contributed by atoms with Crippen LogP contribution in [0.25, 0.3) is 0 Å². The van der Waals surface area contributed by atoms with E-state index in [1.165, 1.54) is 0 Å². The first-order chi connectivity index (χ1) is 15.0. The summed E-state index contributed by atoms with van der Waals surface area (Å²) in [5.41, 5.74) is 3.41. The topological polar surface area (TPSA) is 40.0 Å². The summed E-state index contributed by atoms with van der Waals surface area (Å²) < 4.78 is 28.0. The number of halogens is 3. The molecule has 31 heavy (non-hydrogen) atoms.